The molecular formula is C20H16F3N5O5S. The number of halogens is 3. The number of sulfonamides is 1. The van der Waals surface area contributed by atoms with E-state index < -0.39 is 56.1 Å². The predicted octanol–water partition coefficient (Wildman–Crippen LogP) is 3.17. The van der Waals surface area contributed by atoms with Gasteiger partial charge in [0.2, 0.25) is 5.88 Å². The minimum Gasteiger partial charge on any atom is -0.492 e. The quantitative estimate of drug-likeness (QED) is 0.382. The number of benzene rings is 1. The summed E-state index contributed by atoms with van der Waals surface area (Å²) >= 11 is 0. The standard InChI is InChI=1S/C20H16F3N5O5S/c1-31-18-11-7-26-27-19(11)24-8-15(18)33-9-12-13(22)3-4-14(17(12)23)28-34(29,30)16-5-10(21)6-25-20(16)32-2/h3-8,28H,9H2,1-2H3,(H,24,26,27). The van der Waals surface area contributed by atoms with Gasteiger partial charge < -0.3 is 14.2 Å². The monoisotopic (exact) mass is 495 g/mol. The maximum atomic E-state index is 15.1. The van der Waals surface area contributed by atoms with E-state index in [4.69, 9.17) is 14.2 Å². The molecule has 0 saturated heterocycles. The molecule has 0 spiro atoms. The lowest BCUT2D eigenvalue weighted by Crippen LogP contribution is -2.17. The average Bonchev–Trinajstić information content (AvgIpc) is 3.29. The van der Waals surface area contributed by atoms with Crippen molar-refractivity contribution in [2.45, 2.75) is 11.5 Å². The Bertz CT molecular complexity index is 1480. The molecule has 2 N–H and O–H groups in total. The van der Waals surface area contributed by atoms with E-state index in [1.54, 1.807) is 0 Å². The summed E-state index contributed by atoms with van der Waals surface area (Å²) in [6.07, 6.45) is 3.49. The Hall–Kier alpha value is -4.07. The molecule has 4 rings (SSSR count). The zero-order chi connectivity index (χ0) is 24.5. The molecule has 0 bridgehead atoms. The number of hydrogen-bond donors (Lipinski definition) is 2. The Balaban J connectivity index is 1.64. The highest BCUT2D eigenvalue weighted by Crippen LogP contribution is 2.34. The molecule has 0 aliphatic carbocycles. The summed E-state index contributed by atoms with van der Waals surface area (Å²) in [5, 5.41) is 6.98. The van der Waals surface area contributed by atoms with Gasteiger partial charge in [-0.05, 0) is 12.1 Å². The van der Waals surface area contributed by atoms with Crippen molar-refractivity contribution in [3.63, 3.8) is 0 Å². The lowest BCUT2D eigenvalue weighted by Gasteiger charge is -2.15. The highest BCUT2D eigenvalue weighted by atomic mass is 32.2. The van der Waals surface area contributed by atoms with Crippen LogP contribution in [0.4, 0.5) is 18.9 Å². The summed E-state index contributed by atoms with van der Waals surface area (Å²) in [4.78, 5) is 6.95. The number of aromatic nitrogens is 4. The molecule has 0 aliphatic heterocycles. The van der Waals surface area contributed by atoms with Crippen molar-refractivity contribution in [2.24, 2.45) is 0 Å². The van der Waals surface area contributed by atoms with Gasteiger partial charge in [0.15, 0.2) is 27.9 Å². The number of ether oxygens (including phenoxy) is 3. The SMILES string of the molecule is COc1ncc(F)cc1S(=O)(=O)Nc1ccc(F)c(COc2cnc3[nH]ncc3c2OC)c1F. The van der Waals surface area contributed by atoms with Crippen molar-refractivity contribution >= 4 is 26.7 Å². The molecule has 1 aromatic carbocycles. The van der Waals surface area contributed by atoms with E-state index in [2.05, 4.69) is 20.2 Å². The maximum absolute atomic E-state index is 15.1. The van der Waals surface area contributed by atoms with E-state index in [1.165, 1.54) is 19.5 Å². The molecule has 3 heterocycles. The van der Waals surface area contributed by atoms with Gasteiger partial charge >= 0.3 is 0 Å². The van der Waals surface area contributed by atoms with Crippen LogP contribution in [0.25, 0.3) is 11.0 Å². The van der Waals surface area contributed by atoms with Crippen LogP contribution >= 0.6 is 0 Å². The second-order valence-electron chi connectivity index (χ2n) is 6.73. The average molecular weight is 495 g/mol. The highest BCUT2D eigenvalue weighted by molar-refractivity contribution is 7.92. The van der Waals surface area contributed by atoms with E-state index in [0.717, 1.165) is 25.4 Å². The Labute approximate surface area is 190 Å². The van der Waals surface area contributed by atoms with Crippen LogP contribution in [0.15, 0.2) is 41.7 Å². The van der Waals surface area contributed by atoms with Gasteiger partial charge in [-0.2, -0.15) is 5.10 Å². The van der Waals surface area contributed by atoms with Crippen LogP contribution in [0, 0.1) is 17.5 Å². The first kappa shape index (κ1) is 23.1. The first-order chi connectivity index (χ1) is 16.2. The van der Waals surface area contributed by atoms with Crippen LogP contribution in [0.2, 0.25) is 0 Å². The van der Waals surface area contributed by atoms with Crippen LogP contribution in [0.5, 0.6) is 17.4 Å². The maximum Gasteiger partial charge on any atom is 0.267 e. The number of methoxy groups -OCH3 is 2. The number of nitrogens with zero attached hydrogens (tertiary/aromatic N) is 3. The predicted molar refractivity (Wildman–Crippen MR) is 113 cm³/mol. The largest absolute Gasteiger partial charge is 0.492 e. The van der Waals surface area contributed by atoms with Crippen molar-refractivity contribution in [3.05, 3.63) is 59.8 Å². The zero-order valence-electron chi connectivity index (χ0n) is 17.6. The Morgan fingerprint density at radius 1 is 1.06 bits per heavy atom. The van der Waals surface area contributed by atoms with Gasteiger partial charge in [0.25, 0.3) is 10.0 Å². The van der Waals surface area contributed by atoms with Crippen LogP contribution in [-0.4, -0.2) is 42.8 Å². The molecule has 0 fully saturated rings. The molecule has 14 heteroatoms. The number of hydrogen-bond acceptors (Lipinski definition) is 8. The Kier molecular flexibility index (Phi) is 6.15. The van der Waals surface area contributed by atoms with Crippen molar-refractivity contribution in [3.8, 4) is 17.4 Å². The molecule has 4 aromatic rings. The van der Waals surface area contributed by atoms with E-state index in [-0.39, 0.29) is 11.5 Å². The van der Waals surface area contributed by atoms with Gasteiger partial charge in [-0.15, -0.1) is 0 Å². The lowest BCUT2D eigenvalue weighted by molar-refractivity contribution is 0.274. The number of H-pyrrole nitrogens is 1. The van der Waals surface area contributed by atoms with Gasteiger partial charge in [-0.25, -0.2) is 31.6 Å². The molecule has 0 radical (unpaired) electrons. The van der Waals surface area contributed by atoms with E-state index in [1.807, 2.05) is 4.72 Å². The summed E-state index contributed by atoms with van der Waals surface area (Å²) < 4.78 is 86.1. The summed E-state index contributed by atoms with van der Waals surface area (Å²) in [6.45, 7) is -0.626. The fourth-order valence-corrected chi connectivity index (χ4v) is 4.27. The van der Waals surface area contributed by atoms with Crippen molar-refractivity contribution in [1.82, 2.24) is 20.2 Å². The van der Waals surface area contributed by atoms with Gasteiger partial charge in [-0.1, -0.05) is 0 Å². The molecule has 0 amide bonds. The molecular weight excluding hydrogens is 479 g/mol. The van der Waals surface area contributed by atoms with Crippen LogP contribution in [0.1, 0.15) is 5.56 Å². The number of pyridine rings is 2. The number of fused-ring (bicyclic) bond motifs is 1. The lowest BCUT2D eigenvalue weighted by atomic mass is 10.2. The highest BCUT2D eigenvalue weighted by Gasteiger charge is 2.25. The zero-order valence-corrected chi connectivity index (χ0v) is 18.4. The molecule has 34 heavy (non-hydrogen) atoms. The van der Waals surface area contributed by atoms with Crippen LogP contribution < -0.4 is 18.9 Å². The first-order valence-electron chi connectivity index (χ1n) is 9.43. The second-order valence-corrected chi connectivity index (χ2v) is 8.38. The van der Waals surface area contributed by atoms with Crippen molar-refractivity contribution in [1.29, 1.82) is 0 Å². The van der Waals surface area contributed by atoms with Gasteiger partial charge in [0.05, 0.1) is 49.4 Å². The van der Waals surface area contributed by atoms with E-state index in [0.29, 0.717) is 17.1 Å². The third-order valence-corrected chi connectivity index (χ3v) is 6.03. The normalized spacial score (nSPS) is 11.4. The van der Waals surface area contributed by atoms with Crippen molar-refractivity contribution in [2.75, 3.05) is 18.9 Å². The summed E-state index contributed by atoms with van der Waals surface area (Å²) in [6, 6.07) is 2.39. The summed E-state index contributed by atoms with van der Waals surface area (Å²) in [5.41, 5.74) is -0.749. The fraction of sp³-hybridized carbons (Fsp3) is 0.150. The van der Waals surface area contributed by atoms with Gasteiger partial charge in [-0.3, -0.25) is 9.82 Å². The fourth-order valence-electron chi connectivity index (χ4n) is 3.08. The molecule has 3 aromatic heterocycles. The third kappa shape index (κ3) is 4.26. The summed E-state index contributed by atoms with van der Waals surface area (Å²) in [5.74, 6) is -3.26. The minimum absolute atomic E-state index is 0.0803. The summed E-state index contributed by atoms with van der Waals surface area (Å²) in [7, 11) is -2.04. The number of nitrogens with one attached hydrogen (secondary N) is 2. The molecule has 0 saturated carbocycles. The Morgan fingerprint density at radius 2 is 1.85 bits per heavy atom. The topological polar surface area (TPSA) is 128 Å². The number of aromatic amines is 1. The van der Waals surface area contributed by atoms with Gasteiger partial charge in [0, 0.05) is 6.07 Å². The van der Waals surface area contributed by atoms with Crippen LogP contribution in [-0.2, 0) is 16.6 Å². The van der Waals surface area contributed by atoms with E-state index in [9.17, 15) is 17.2 Å². The van der Waals surface area contributed by atoms with Crippen molar-refractivity contribution < 1.29 is 35.8 Å². The second kappa shape index (κ2) is 9.05. The molecule has 0 unspecified atom stereocenters. The first-order valence-corrected chi connectivity index (χ1v) is 10.9. The number of anilines is 1. The van der Waals surface area contributed by atoms with Gasteiger partial charge in [0.1, 0.15) is 18.2 Å². The molecule has 0 atom stereocenters. The minimum atomic E-state index is -4.55. The molecule has 0 aliphatic rings. The van der Waals surface area contributed by atoms with E-state index >= 15 is 4.39 Å². The Morgan fingerprint density at radius 3 is 2.59 bits per heavy atom. The molecule has 178 valence electrons. The van der Waals surface area contributed by atoms with Crippen LogP contribution in [0.3, 0.4) is 0 Å². The molecule has 10 nitrogen and oxygen atoms in total. The number of rotatable bonds is 8. The smallest absolute Gasteiger partial charge is 0.267 e. The third-order valence-electron chi connectivity index (χ3n) is 4.67.